The number of benzene rings is 2. The Hall–Kier alpha value is -2.08. The van der Waals surface area contributed by atoms with Crippen molar-refractivity contribution in [3.05, 3.63) is 65.2 Å². The van der Waals surface area contributed by atoms with Crippen molar-refractivity contribution < 1.29 is 22.3 Å². The van der Waals surface area contributed by atoms with Crippen LogP contribution in [0.15, 0.2) is 36.4 Å². The quantitative estimate of drug-likeness (QED) is 0.678. The molecule has 3 rings (SSSR count). The van der Waals surface area contributed by atoms with Crippen molar-refractivity contribution >= 4 is 0 Å². The van der Waals surface area contributed by atoms with Crippen LogP contribution in [-0.4, -0.2) is 13.1 Å². The summed E-state index contributed by atoms with van der Waals surface area (Å²) in [5.41, 5.74) is 0.699. The Morgan fingerprint density at radius 1 is 1.00 bits per heavy atom. The Morgan fingerprint density at radius 3 is 2.22 bits per heavy atom. The predicted molar refractivity (Wildman–Crippen MR) is 77.1 cm³/mol. The topological polar surface area (TPSA) is 21.3 Å². The van der Waals surface area contributed by atoms with Crippen LogP contribution < -0.4 is 10.1 Å². The van der Waals surface area contributed by atoms with Gasteiger partial charge >= 0.3 is 0 Å². The second-order valence-electron chi connectivity index (χ2n) is 5.50. The maximum absolute atomic E-state index is 13.9. The minimum Gasteiger partial charge on any atom is -0.479 e. The number of halogens is 4. The van der Waals surface area contributed by atoms with Crippen LogP contribution in [-0.2, 0) is 0 Å². The van der Waals surface area contributed by atoms with Crippen molar-refractivity contribution in [2.75, 3.05) is 13.1 Å². The van der Waals surface area contributed by atoms with Gasteiger partial charge in [-0.25, -0.2) is 8.78 Å². The van der Waals surface area contributed by atoms with E-state index in [9.17, 15) is 17.6 Å². The highest BCUT2D eigenvalue weighted by molar-refractivity contribution is 5.30. The van der Waals surface area contributed by atoms with Gasteiger partial charge < -0.3 is 10.1 Å². The van der Waals surface area contributed by atoms with E-state index in [0.29, 0.717) is 12.1 Å². The summed E-state index contributed by atoms with van der Waals surface area (Å²) < 4.78 is 60.0. The monoisotopic (exact) mass is 325 g/mol. The van der Waals surface area contributed by atoms with Crippen LogP contribution in [0.5, 0.6) is 5.75 Å². The van der Waals surface area contributed by atoms with Gasteiger partial charge in [0, 0.05) is 18.5 Å². The summed E-state index contributed by atoms with van der Waals surface area (Å²) in [7, 11) is 0. The molecule has 2 nitrogen and oxygen atoms in total. The van der Waals surface area contributed by atoms with E-state index in [1.54, 1.807) is 30.3 Å². The second kappa shape index (κ2) is 6.58. The van der Waals surface area contributed by atoms with Crippen LogP contribution in [0.25, 0.3) is 0 Å². The van der Waals surface area contributed by atoms with Gasteiger partial charge in [-0.15, -0.1) is 0 Å². The van der Waals surface area contributed by atoms with E-state index >= 15 is 0 Å². The number of ether oxygens (including phenoxy) is 1. The van der Waals surface area contributed by atoms with Crippen LogP contribution in [0, 0.1) is 29.2 Å². The van der Waals surface area contributed by atoms with Crippen LogP contribution in [0.2, 0.25) is 0 Å². The third-order valence-corrected chi connectivity index (χ3v) is 3.97. The predicted octanol–water partition coefficient (Wildman–Crippen LogP) is 3.97. The van der Waals surface area contributed by atoms with Gasteiger partial charge in [0.25, 0.3) is 0 Å². The maximum atomic E-state index is 13.9. The molecule has 2 aromatic rings. The molecule has 2 atom stereocenters. The number of hydrogen-bond donors (Lipinski definition) is 1. The molecule has 0 spiro atoms. The zero-order valence-corrected chi connectivity index (χ0v) is 12.2. The summed E-state index contributed by atoms with van der Waals surface area (Å²) >= 11 is 0. The van der Waals surface area contributed by atoms with Crippen LogP contribution in [0.4, 0.5) is 17.6 Å². The molecule has 0 aromatic heterocycles. The molecule has 1 saturated heterocycles. The molecule has 1 aliphatic rings. The van der Waals surface area contributed by atoms with Crippen molar-refractivity contribution in [3.63, 3.8) is 0 Å². The van der Waals surface area contributed by atoms with Crippen LogP contribution in [0.3, 0.4) is 0 Å². The third-order valence-electron chi connectivity index (χ3n) is 3.97. The summed E-state index contributed by atoms with van der Waals surface area (Å²) in [5.74, 6) is -7.05. The Kier molecular flexibility index (Phi) is 4.52. The molecule has 0 saturated carbocycles. The highest BCUT2D eigenvalue weighted by atomic mass is 19.2. The first kappa shape index (κ1) is 15.8. The Balaban J connectivity index is 1.99. The zero-order valence-electron chi connectivity index (χ0n) is 12.2. The lowest BCUT2D eigenvalue weighted by molar-refractivity contribution is 0.128. The molecular formula is C17H15F4NO. The highest BCUT2D eigenvalue weighted by Gasteiger charge is 2.31. The molecule has 1 heterocycles. The van der Waals surface area contributed by atoms with E-state index < -0.39 is 35.1 Å². The van der Waals surface area contributed by atoms with Crippen molar-refractivity contribution in [2.45, 2.75) is 12.5 Å². The third kappa shape index (κ3) is 3.17. The van der Waals surface area contributed by atoms with Gasteiger partial charge in [0.1, 0.15) is 6.10 Å². The first-order valence-electron chi connectivity index (χ1n) is 7.33. The first-order valence-corrected chi connectivity index (χ1v) is 7.33. The number of hydrogen-bond acceptors (Lipinski definition) is 2. The van der Waals surface area contributed by atoms with E-state index in [2.05, 4.69) is 5.32 Å². The summed E-state index contributed by atoms with van der Waals surface area (Å²) in [6, 6.07) is 9.03. The zero-order chi connectivity index (χ0) is 16.4. The SMILES string of the molecule is Fc1cc(F)c(F)c(OC(c2ccccc2)[C@@H]2CCNC2)c1F. The summed E-state index contributed by atoms with van der Waals surface area (Å²) in [5, 5.41) is 3.14. The lowest BCUT2D eigenvalue weighted by Crippen LogP contribution is -2.22. The minimum absolute atomic E-state index is 0.0532. The van der Waals surface area contributed by atoms with Crippen LogP contribution >= 0.6 is 0 Å². The molecule has 23 heavy (non-hydrogen) atoms. The van der Waals surface area contributed by atoms with E-state index in [-0.39, 0.29) is 12.0 Å². The molecule has 0 bridgehead atoms. The molecule has 1 fully saturated rings. The number of nitrogens with one attached hydrogen (secondary N) is 1. The van der Waals surface area contributed by atoms with Crippen molar-refractivity contribution in [1.29, 1.82) is 0 Å². The molecular weight excluding hydrogens is 310 g/mol. The van der Waals surface area contributed by atoms with E-state index in [4.69, 9.17) is 4.74 Å². The first-order chi connectivity index (χ1) is 11.1. The summed E-state index contributed by atoms with van der Waals surface area (Å²) in [6.07, 6.45) is 0.0389. The normalized spacial score (nSPS) is 18.9. The Labute approximate surface area is 131 Å². The average Bonchev–Trinajstić information content (AvgIpc) is 3.08. The minimum atomic E-state index is -1.52. The standard InChI is InChI=1S/C17H15F4NO/c18-12-8-13(19)15(21)17(14(12)20)23-16(11-6-7-22-9-11)10-4-2-1-3-5-10/h1-5,8,11,16,22H,6-7,9H2/t11-,16?/m1/s1. The summed E-state index contributed by atoms with van der Waals surface area (Å²) in [6.45, 7) is 1.35. The largest absolute Gasteiger partial charge is 0.479 e. The molecule has 2 aromatic carbocycles. The van der Waals surface area contributed by atoms with Gasteiger partial charge in [-0.1, -0.05) is 30.3 Å². The summed E-state index contributed by atoms with van der Waals surface area (Å²) in [4.78, 5) is 0. The number of rotatable bonds is 4. The van der Waals surface area contributed by atoms with E-state index in [1.807, 2.05) is 0 Å². The molecule has 0 aliphatic carbocycles. The molecule has 0 amide bonds. The van der Waals surface area contributed by atoms with E-state index in [1.165, 1.54) is 0 Å². The molecule has 0 radical (unpaired) electrons. The Bertz CT molecular complexity index is 660. The van der Waals surface area contributed by atoms with Gasteiger partial charge in [0.15, 0.2) is 17.4 Å². The fraction of sp³-hybridized carbons (Fsp3) is 0.294. The lowest BCUT2D eigenvalue weighted by Gasteiger charge is -2.25. The van der Waals surface area contributed by atoms with Gasteiger partial charge in [0.05, 0.1) is 0 Å². The van der Waals surface area contributed by atoms with Gasteiger partial charge in [-0.2, -0.15) is 8.78 Å². The highest BCUT2D eigenvalue weighted by Crippen LogP contribution is 2.35. The fourth-order valence-electron chi connectivity index (χ4n) is 2.80. The van der Waals surface area contributed by atoms with Crippen molar-refractivity contribution in [3.8, 4) is 5.75 Å². The molecule has 122 valence electrons. The fourth-order valence-corrected chi connectivity index (χ4v) is 2.80. The smallest absolute Gasteiger partial charge is 0.203 e. The van der Waals surface area contributed by atoms with Crippen molar-refractivity contribution in [2.24, 2.45) is 5.92 Å². The van der Waals surface area contributed by atoms with Gasteiger partial charge in [0.2, 0.25) is 11.6 Å². The lowest BCUT2D eigenvalue weighted by atomic mass is 9.95. The second-order valence-corrected chi connectivity index (χ2v) is 5.50. The molecule has 1 unspecified atom stereocenters. The maximum Gasteiger partial charge on any atom is 0.203 e. The molecule has 6 heteroatoms. The average molecular weight is 325 g/mol. The van der Waals surface area contributed by atoms with Crippen LogP contribution in [0.1, 0.15) is 18.1 Å². The molecule has 1 aliphatic heterocycles. The Morgan fingerprint density at radius 2 is 1.65 bits per heavy atom. The molecule has 1 N–H and O–H groups in total. The van der Waals surface area contributed by atoms with Gasteiger partial charge in [-0.3, -0.25) is 0 Å². The van der Waals surface area contributed by atoms with E-state index in [0.717, 1.165) is 13.0 Å². The van der Waals surface area contributed by atoms with Crippen molar-refractivity contribution in [1.82, 2.24) is 5.32 Å². The van der Waals surface area contributed by atoms with Gasteiger partial charge in [-0.05, 0) is 18.5 Å².